The minimum absolute atomic E-state index is 0.436. The summed E-state index contributed by atoms with van der Waals surface area (Å²) < 4.78 is 5.69. The summed E-state index contributed by atoms with van der Waals surface area (Å²) in [5.74, 6) is 1.38. The number of ether oxygens (including phenoxy) is 1. The Hall–Kier alpha value is -1.13. The fraction of sp³-hybridized carbons (Fsp3) is 0.500. The van der Waals surface area contributed by atoms with E-state index in [9.17, 15) is 0 Å². The molecule has 4 heteroatoms. The molecule has 1 fully saturated rings. The molecule has 1 saturated heterocycles. The lowest BCUT2D eigenvalue weighted by Crippen LogP contribution is -2.39. The van der Waals surface area contributed by atoms with Gasteiger partial charge in [0.25, 0.3) is 0 Å². The maximum atomic E-state index is 5.69. The fourth-order valence-corrected chi connectivity index (χ4v) is 2.49. The van der Waals surface area contributed by atoms with Gasteiger partial charge in [-0.25, -0.2) is 0 Å². The SMILES string of the molecule is NC(=S)C1CCN(CCOc2ccccc2)CC1. The number of nitrogens with two attached hydrogens (primary N) is 1. The van der Waals surface area contributed by atoms with Gasteiger partial charge in [-0.1, -0.05) is 30.4 Å². The van der Waals surface area contributed by atoms with Crippen molar-refractivity contribution in [1.29, 1.82) is 0 Å². The lowest BCUT2D eigenvalue weighted by molar-refractivity contribution is 0.171. The largest absolute Gasteiger partial charge is 0.492 e. The summed E-state index contributed by atoms with van der Waals surface area (Å²) in [6, 6.07) is 9.94. The number of para-hydroxylation sites is 1. The topological polar surface area (TPSA) is 38.5 Å². The summed E-state index contributed by atoms with van der Waals surface area (Å²) in [5, 5.41) is 0. The van der Waals surface area contributed by atoms with Crippen LogP contribution in [0.15, 0.2) is 30.3 Å². The van der Waals surface area contributed by atoms with Gasteiger partial charge in [-0.2, -0.15) is 0 Å². The summed E-state index contributed by atoms with van der Waals surface area (Å²) in [6.45, 7) is 3.85. The van der Waals surface area contributed by atoms with E-state index in [1.165, 1.54) is 0 Å². The maximum Gasteiger partial charge on any atom is 0.119 e. The van der Waals surface area contributed by atoms with Gasteiger partial charge in [0.2, 0.25) is 0 Å². The number of piperidine rings is 1. The van der Waals surface area contributed by atoms with Crippen LogP contribution in [0.1, 0.15) is 12.8 Å². The number of rotatable bonds is 5. The van der Waals surface area contributed by atoms with Crippen LogP contribution in [0.4, 0.5) is 0 Å². The molecule has 1 aromatic carbocycles. The van der Waals surface area contributed by atoms with Crippen molar-refractivity contribution in [2.24, 2.45) is 11.7 Å². The van der Waals surface area contributed by atoms with Gasteiger partial charge in [0.1, 0.15) is 12.4 Å². The average molecular weight is 264 g/mol. The highest BCUT2D eigenvalue weighted by molar-refractivity contribution is 7.80. The summed E-state index contributed by atoms with van der Waals surface area (Å²) in [6.07, 6.45) is 2.17. The lowest BCUT2D eigenvalue weighted by atomic mass is 9.97. The highest BCUT2D eigenvalue weighted by atomic mass is 32.1. The molecule has 0 aliphatic carbocycles. The number of hydrogen-bond donors (Lipinski definition) is 1. The Kier molecular flexibility index (Phi) is 4.96. The molecule has 2 N–H and O–H groups in total. The predicted octanol–water partition coefficient (Wildman–Crippen LogP) is 2.06. The third kappa shape index (κ3) is 3.96. The molecule has 0 radical (unpaired) electrons. The molecular weight excluding hydrogens is 244 g/mol. The highest BCUT2D eigenvalue weighted by Gasteiger charge is 2.20. The quantitative estimate of drug-likeness (QED) is 0.826. The van der Waals surface area contributed by atoms with Crippen molar-refractivity contribution in [3.8, 4) is 5.75 Å². The standard InChI is InChI=1S/C14H20N2OS/c15-14(18)12-6-8-16(9-7-12)10-11-17-13-4-2-1-3-5-13/h1-5,12H,6-11H2,(H2,15,18). The third-order valence-corrected chi connectivity index (χ3v) is 3.74. The summed E-state index contributed by atoms with van der Waals surface area (Å²) >= 11 is 5.04. The molecule has 0 atom stereocenters. The third-order valence-electron chi connectivity index (χ3n) is 3.41. The molecule has 1 heterocycles. The van der Waals surface area contributed by atoms with Crippen LogP contribution in [0.5, 0.6) is 5.75 Å². The second kappa shape index (κ2) is 6.71. The van der Waals surface area contributed by atoms with E-state index in [1.807, 2.05) is 30.3 Å². The van der Waals surface area contributed by atoms with E-state index in [0.29, 0.717) is 10.9 Å². The van der Waals surface area contributed by atoms with Crippen LogP contribution in [-0.4, -0.2) is 36.1 Å². The van der Waals surface area contributed by atoms with Gasteiger partial charge in [0, 0.05) is 12.5 Å². The maximum absolute atomic E-state index is 5.69. The zero-order valence-electron chi connectivity index (χ0n) is 10.5. The van der Waals surface area contributed by atoms with E-state index in [0.717, 1.165) is 44.8 Å². The molecule has 18 heavy (non-hydrogen) atoms. The van der Waals surface area contributed by atoms with Crippen molar-refractivity contribution in [3.63, 3.8) is 0 Å². The van der Waals surface area contributed by atoms with E-state index in [-0.39, 0.29) is 0 Å². The molecule has 0 unspecified atom stereocenters. The molecule has 0 amide bonds. The van der Waals surface area contributed by atoms with Crippen LogP contribution < -0.4 is 10.5 Å². The van der Waals surface area contributed by atoms with E-state index < -0.39 is 0 Å². The fourth-order valence-electron chi connectivity index (χ4n) is 2.25. The molecule has 3 nitrogen and oxygen atoms in total. The normalized spacial score (nSPS) is 17.6. The van der Waals surface area contributed by atoms with Gasteiger partial charge in [-0.15, -0.1) is 0 Å². The molecule has 0 spiro atoms. The first kappa shape index (κ1) is 13.3. The molecule has 1 aliphatic rings. The van der Waals surface area contributed by atoms with Crippen LogP contribution in [-0.2, 0) is 0 Å². The molecule has 1 aliphatic heterocycles. The van der Waals surface area contributed by atoms with Crippen LogP contribution >= 0.6 is 12.2 Å². The van der Waals surface area contributed by atoms with E-state index >= 15 is 0 Å². The number of hydrogen-bond acceptors (Lipinski definition) is 3. The van der Waals surface area contributed by atoms with Gasteiger partial charge in [-0.3, -0.25) is 4.90 Å². The van der Waals surface area contributed by atoms with Gasteiger partial charge in [0.15, 0.2) is 0 Å². The lowest BCUT2D eigenvalue weighted by Gasteiger charge is -2.31. The molecule has 0 aromatic heterocycles. The Labute approximate surface area is 114 Å². The minimum atomic E-state index is 0.436. The minimum Gasteiger partial charge on any atom is -0.492 e. The van der Waals surface area contributed by atoms with E-state index in [4.69, 9.17) is 22.7 Å². The first-order chi connectivity index (χ1) is 8.75. The van der Waals surface area contributed by atoms with Gasteiger partial charge < -0.3 is 10.5 Å². The molecule has 98 valence electrons. The van der Waals surface area contributed by atoms with Crippen LogP contribution in [0.3, 0.4) is 0 Å². The van der Waals surface area contributed by atoms with Gasteiger partial charge in [-0.05, 0) is 38.1 Å². The zero-order valence-corrected chi connectivity index (χ0v) is 11.4. The van der Waals surface area contributed by atoms with Crippen molar-refractivity contribution >= 4 is 17.2 Å². The first-order valence-corrected chi connectivity index (χ1v) is 6.86. The number of thiocarbonyl (C=S) groups is 1. The van der Waals surface area contributed by atoms with Crippen LogP contribution in [0.25, 0.3) is 0 Å². The summed E-state index contributed by atoms with van der Waals surface area (Å²) in [5.41, 5.74) is 5.68. The smallest absolute Gasteiger partial charge is 0.119 e. The first-order valence-electron chi connectivity index (χ1n) is 6.45. The molecule has 2 rings (SSSR count). The van der Waals surface area contributed by atoms with Crippen molar-refractivity contribution < 1.29 is 4.74 Å². The van der Waals surface area contributed by atoms with Gasteiger partial charge >= 0.3 is 0 Å². The number of likely N-dealkylation sites (tertiary alicyclic amines) is 1. The Bertz CT molecular complexity index is 375. The van der Waals surface area contributed by atoms with Crippen molar-refractivity contribution in [2.45, 2.75) is 12.8 Å². The average Bonchev–Trinajstić information content (AvgIpc) is 2.40. The Morgan fingerprint density at radius 1 is 1.28 bits per heavy atom. The van der Waals surface area contributed by atoms with Crippen LogP contribution in [0, 0.1) is 5.92 Å². The highest BCUT2D eigenvalue weighted by Crippen LogP contribution is 2.17. The molecule has 1 aromatic rings. The Balaban J connectivity index is 1.65. The van der Waals surface area contributed by atoms with Crippen molar-refractivity contribution in [3.05, 3.63) is 30.3 Å². The second-order valence-electron chi connectivity index (χ2n) is 4.68. The predicted molar refractivity (Wildman–Crippen MR) is 77.9 cm³/mol. The van der Waals surface area contributed by atoms with Crippen molar-refractivity contribution in [2.75, 3.05) is 26.2 Å². The van der Waals surface area contributed by atoms with E-state index in [2.05, 4.69) is 4.90 Å². The van der Waals surface area contributed by atoms with Crippen LogP contribution in [0.2, 0.25) is 0 Å². The summed E-state index contributed by atoms with van der Waals surface area (Å²) in [4.78, 5) is 3.09. The molecule has 0 bridgehead atoms. The monoisotopic (exact) mass is 264 g/mol. The second-order valence-corrected chi connectivity index (χ2v) is 5.15. The number of nitrogens with zero attached hydrogens (tertiary/aromatic N) is 1. The Morgan fingerprint density at radius 3 is 2.56 bits per heavy atom. The number of benzene rings is 1. The zero-order chi connectivity index (χ0) is 12.8. The Morgan fingerprint density at radius 2 is 1.94 bits per heavy atom. The van der Waals surface area contributed by atoms with Crippen molar-refractivity contribution in [1.82, 2.24) is 4.90 Å². The summed E-state index contributed by atoms with van der Waals surface area (Å²) in [7, 11) is 0. The molecule has 0 saturated carbocycles. The van der Waals surface area contributed by atoms with Gasteiger partial charge in [0.05, 0.1) is 4.99 Å². The van der Waals surface area contributed by atoms with E-state index in [1.54, 1.807) is 0 Å². The molecular formula is C14H20N2OS.